The van der Waals surface area contributed by atoms with Crippen molar-refractivity contribution in [3.8, 4) is 0 Å². The van der Waals surface area contributed by atoms with Crippen LogP contribution in [0.15, 0.2) is 30.3 Å². The molecule has 4 unspecified atom stereocenters. The van der Waals surface area contributed by atoms with E-state index in [1.54, 1.807) is 11.8 Å². The Morgan fingerprint density at radius 2 is 2.00 bits per heavy atom. The predicted octanol–water partition coefficient (Wildman–Crippen LogP) is 3.93. The molecule has 1 aromatic rings. The van der Waals surface area contributed by atoms with E-state index < -0.39 is 0 Å². The van der Waals surface area contributed by atoms with E-state index in [1.807, 2.05) is 36.9 Å². The zero-order valence-corrected chi connectivity index (χ0v) is 14.5. The number of hydrogen-bond acceptors (Lipinski definition) is 2. The van der Waals surface area contributed by atoms with Crippen LogP contribution in [-0.2, 0) is 4.79 Å². The fraction of sp³-hybridized carbons (Fsp3) is 0.562. The quantitative estimate of drug-likeness (QED) is 0.599. The minimum Gasteiger partial charge on any atom is -0.335 e. The van der Waals surface area contributed by atoms with Crippen molar-refractivity contribution in [3.63, 3.8) is 0 Å². The van der Waals surface area contributed by atoms with Gasteiger partial charge < -0.3 is 4.90 Å². The molecule has 0 aliphatic carbocycles. The van der Waals surface area contributed by atoms with Crippen LogP contribution in [0.3, 0.4) is 0 Å². The van der Waals surface area contributed by atoms with Gasteiger partial charge >= 0.3 is 0 Å². The maximum absolute atomic E-state index is 12.3. The lowest BCUT2D eigenvalue weighted by molar-refractivity contribution is -0.167. The van der Waals surface area contributed by atoms with E-state index in [1.165, 1.54) is 0 Å². The maximum Gasteiger partial charge on any atom is 0.230 e. The van der Waals surface area contributed by atoms with Gasteiger partial charge in [0.25, 0.3) is 0 Å². The molecule has 2 nitrogen and oxygen atoms in total. The van der Waals surface area contributed by atoms with Crippen LogP contribution in [0.25, 0.3) is 0 Å². The Morgan fingerprint density at radius 3 is 2.67 bits per heavy atom. The Morgan fingerprint density at radius 1 is 1.33 bits per heavy atom. The maximum atomic E-state index is 12.3. The molecule has 4 atom stereocenters. The average molecular weight is 344 g/mol. The third kappa shape index (κ3) is 2.58. The van der Waals surface area contributed by atoms with Gasteiger partial charge in [-0.15, -0.1) is 23.2 Å². The zero-order valence-electron chi connectivity index (χ0n) is 12.1. The van der Waals surface area contributed by atoms with Crippen LogP contribution < -0.4 is 0 Å². The van der Waals surface area contributed by atoms with Gasteiger partial charge in [-0.25, -0.2) is 0 Å². The fourth-order valence-electron chi connectivity index (χ4n) is 3.37. The number of carbonyl (C=O) groups is 1. The molecule has 5 heteroatoms. The summed E-state index contributed by atoms with van der Waals surface area (Å²) in [5, 5.41) is 0.0609. The van der Waals surface area contributed by atoms with Gasteiger partial charge in [0.15, 0.2) is 0 Å². The summed E-state index contributed by atoms with van der Waals surface area (Å²) in [5.74, 6) is 1.03. The molecule has 2 heterocycles. The minimum absolute atomic E-state index is 0.00203. The number of fused-ring (bicyclic) bond motifs is 1. The van der Waals surface area contributed by atoms with Gasteiger partial charge in [0, 0.05) is 17.5 Å². The van der Waals surface area contributed by atoms with Crippen LogP contribution >= 0.6 is 35.0 Å². The van der Waals surface area contributed by atoms with Crippen LogP contribution in [0.2, 0.25) is 0 Å². The Balaban J connectivity index is 1.91. The van der Waals surface area contributed by atoms with E-state index in [4.69, 9.17) is 23.2 Å². The van der Waals surface area contributed by atoms with E-state index in [0.717, 1.165) is 11.3 Å². The molecule has 0 bridgehead atoms. The topological polar surface area (TPSA) is 20.3 Å². The van der Waals surface area contributed by atoms with Crippen LogP contribution in [0.4, 0.5) is 0 Å². The lowest BCUT2D eigenvalue weighted by Crippen LogP contribution is -2.70. The van der Waals surface area contributed by atoms with Gasteiger partial charge in [-0.1, -0.05) is 30.3 Å². The molecular formula is C16H19Cl2NOS. The highest BCUT2D eigenvalue weighted by Gasteiger charge is 2.59. The molecule has 2 aliphatic rings. The summed E-state index contributed by atoms with van der Waals surface area (Å²) in [5.41, 5.74) is 0.764. The Bertz CT molecular complexity index is 536. The van der Waals surface area contributed by atoms with Gasteiger partial charge in [-0.2, -0.15) is 11.8 Å². The van der Waals surface area contributed by atoms with Gasteiger partial charge in [-0.05, 0) is 19.4 Å². The molecule has 0 spiro atoms. The Kier molecular flexibility index (Phi) is 4.19. The van der Waals surface area contributed by atoms with Gasteiger partial charge in [0.2, 0.25) is 5.91 Å². The summed E-state index contributed by atoms with van der Waals surface area (Å²) in [4.78, 5) is 14.3. The number of nitrogens with zero attached hydrogens (tertiary/aromatic N) is 1. The molecule has 2 saturated heterocycles. The van der Waals surface area contributed by atoms with E-state index in [9.17, 15) is 4.79 Å². The number of β-lactam (4-membered cyclic amide) rings is 1. The van der Waals surface area contributed by atoms with Crippen LogP contribution in [0, 0.1) is 5.41 Å². The summed E-state index contributed by atoms with van der Waals surface area (Å²) in [6, 6.07) is 10.3. The van der Waals surface area contributed by atoms with Gasteiger partial charge in [-0.3, -0.25) is 4.79 Å². The van der Waals surface area contributed by atoms with E-state index in [0.29, 0.717) is 6.54 Å². The molecule has 0 aromatic heterocycles. The van der Waals surface area contributed by atoms with Crippen molar-refractivity contribution in [1.29, 1.82) is 0 Å². The van der Waals surface area contributed by atoms with Crippen LogP contribution in [0.5, 0.6) is 0 Å². The summed E-state index contributed by atoms with van der Waals surface area (Å²) in [6.07, 6.45) is 0. The lowest BCUT2D eigenvalue weighted by atomic mass is 9.71. The molecule has 3 rings (SSSR count). The van der Waals surface area contributed by atoms with Gasteiger partial charge in [0.1, 0.15) is 0 Å². The van der Waals surface area contributed by atoms with E-state index in [2.05, 4.69) is 12.1 Å². The smallest absolute Gasteiger partial charge is 0.230 e. The second kappa shape index (κ2) is 5.68. The molecule has 21 heavy (non-hydrogen) atoms. The second-order valence-electron chi connectivity index (χ2n) is 6.33. The first-order chi connectivity index (χ1) is 9.93. The molecule has 2 fully saturated rings. The first-order valence-corrected chi connectivity index (χ1v) is 9.11. The molecule has 0 saturated carbocycles. The second-order valence-corrected chi connectivity index (χ2v) is 8.63. The number of halogens is 2. The van der Waals surface area contributed by atoms with Crippen molar-refractivity contribution in [2.75, 3.05) is 12.3 Å². The monoisotopic (exact) mass is 343 g/mol. The third-order valence-electron chi connectivity index (χ3n) is 4.47. The Hall–Kier alpha value is -0.380. The molecule has 0 N–H and O–H groups in total. The summed E-state index contributed by atoms with van der Waals surface area (Å²) >= 11 is 14.9. The van der Waals surface area contributed by atoms with Crippen molar-refractivity contribution in [2.45, 2.75) is 35.9 Å². The number of amides is 1. The lowest BCUT2D eigenvalue weighted by Gasteiger charge is -2.55. The highest BCUT2D eigenvalue weighted by molar-refractivity contribution is 8.00. The Labute approximate surface area is 140 Å². The van der Waals surface area contributed by atoms with E-state index in [-0.39, 0.29) is 33.4 Å². The fourth-order valence-corrected chi connectivity index (χ4v) is 5.78. The molecular weight excluding hydrogens is 325 g/mol. The highest BCUT2D eigenvalue weighted by Crippen LogP contribution is 2.50. The molecule has 2 aliphatic heterocycles. The normalized spacial score (nSPS) is 32.9. The van der Waals surface area contributed by atoms with Crippen molar-refractivity contribution >= 4 is 40.9 Å². The summed E-state index contributed by atoms with van der Waals surface area (Å²) in [6.45, 7) is 4.68. The average Bonchev–Trinajstić information content (AvgIpc) is 2.65. The van der Waals surface area contributed by atoms with Crippen molar-refractivity contribution in [1.82, 2.24) is 4.90 Å². The number of carbonyl (C=O) groups excluding carboxylic acids is 1. The predicted molar refractivity (Wildman–Crippen MR) is 90.2 cm³/mol. The number of rotatable bonds is 2. The number of thioether (sulfide) groups is 1. The van der Waals surface area contributed by atoms with Crippen LogP contribution in [0.1, 0.15) is 24.8 Å². The number of benzene rings is 1. The number of alkyl halides is 2. The zero-order chi connectivity index (χ0) is 15.2. The van der Waals surface area contributed by atoms with E-state index >= 15 is 0 Å². The summed E-state index contributed by atoms with van der Waals surface area (Å²) < 4.78 is 0. The third-order valence-corrected chi connectivity index (χ3v) is 7.13. The SMILES string of the molecule is CC1(C)C(=O)N2CC(Cl)CSC(C(Cl)c3ccccc3)C21. The van der Waals surface area contributed by atoms with Crippen molar-refractivity contribution in [2.24, 2.45) is 5.41 Å². The largest absolute Gasteiger partial charge is 0.335 e. The minimum atomic E-state index is -0.347. The standard InChI is InChI=1S/C16H19Cl2NOS/c1-16(2)14-13(12(18)10-6-4-3-5-7-10)21-9-11(17)8-19(14)15(16)20/h3-7,11-14H,8-9H2,1-2H3. The van der Waals surface area contributed by atoms with Crippen LogP contribution in [-0.4, -0.2) is 39.8 Å². The van der Waals surface area contributed by atoms with Crippen molar-refractivity contribution in [3.05, 3.63) is 35.9 Å². The molecule has 1 amide bonds. The number of hydrogen-bond donors (Lipinski definition) is 0. The molecule has 1 aromatic carbocycles. The van der Waals surface area contributed by atoms with Gasteiger partial charge in [0.05, 0.1) is 22.2 Å². The highest BCUT2D eigenvalue weighted by atomic mass is 35.5. The molecule has 0 radical (unpaired) electrons. The first-order valence-electron chi connectivity index (χ1n) is 7.18. The molecule has 114 valence electrons. The first kappa shape index (κ1) is 15.5. The summed E-state index contributed by atoms with van der Waals surface area (Å²) in [7, 11) is 0. The van der Waals surface area contributed by atoms with Crippen molar-refractivity contribution < 1.29 is 4.79 Å².